The molecule has 5 nitrogen and oxygen atoms in total. The summed E-state index contributed by atoms with van der Waals surface area (Å²) in [5.74, 6) is 0.477. The molecule has 3 rings (SSSR count). The third-order valence-corrected chi connectivity index (χ3v) is 4.74. The fourth-order valence-corrected chi connectivity index (χ4v) is 3.34. The van der Waals surface area contributed by atoms with E-state index >= 15 is 0 Å². The summed E-state index contributed by atoms with van der Waals surface area (Å²) >= 11 is 0. The van der Waals surface area contributed by atoms with Crippen LogP contribution in [0.25, 0.3) is 6.08 Å². The van der Waals surface area contributed by atoms with Gasteiger partial charge in [-0.15, -0.1) is 0 Å². The molecule has 0 saturated carbocycles. The van der Waals surface area contributed by atoms with Crippen LogP contribution in [0, 0.1) is 6.92 Å². The molecule has 27 heavy (non-hydrogen) atoms. The third-order valence-electron chi connectivity index (χ3n) is 4.74. The lowest BCUT2D eigenvalue weighted by Gasteiger charge is -2.23. The first kappa shape index (κ1) is 18.7. The van der Waals surface area contributed by atoms with E-state index in [2.05, 4.69) is 19.9 Å². The Morgan fingerprint density at radius 3 is 2.59 bits per heavy atom. The van der Waals surface area contributed by atoms with Crippen molar-refractivity contribution in [1.82, 2.24) is 0 Å². The van der Waals surface area contributed by atoms with E-state index < -0.39 is 5.97 Å². The van der Waals surface area contributed by atoms with Gasteiger partial charge in [-0.25, -0.2) is 4.79 Å². The van der Waals surface area contributed by atoms with Gasteiger partial charge in [-0.1, -0.05) is 32.0 Å². The van der Waals surface area contributed by atoms with Gasteiger partial charge in [-0.05, 0) is 36.8 Å². The molecule has 5 heteroatoms. The van der Waals surface area contributed by atoms with E-state index in [1.54, 1.807) is 18.2 Å². The molecule has 0 radical (unpaired) electrons. The van der Waals surface area contributed by atoms with Crippen molar-refractivity contribution in [3.63, 3.8) is 0 Å². The van der Waals surface area contributed by atoms with Gasteiger partial charge < -0.3 is 14.1 Å². The molecule has 0 fully saturated rings. The van der Waals surface area contributed by atoms with E-state index in [-0.39, 0.29) is 17.8 Å². The smallest absolute Gasteiger partial charge is 0.331 e. The lowest BCUT2D eigenvalue weighted by Crippen LogP contribution is -2.25. The molecule has 140 valence electrons. The molecule has 0 aliphatic carbocycles. The maximum atomic E-state index is 12.3. The Bertz CT molecular complexity index is 933. The molecule has 1 aliphatic rings. The summed E-state index contributed by atoms with van der Waals surface area (Å²) in [5.41, 5.74) is 2.84. The van der Waals surface area contributed by atoms with Crippen molar-refractivity contribution in [2.75, 3.05) is 18.6 Å². The topological polar surface area (TPSA) is 59.8 Å². The van der Waals surface area contributed by atoms with Crippen molar-refractivity contribution in [3.8, 4) is 0 Å². The largest absolute Gasteiger partial charge is 0.462 e. The summed E-state index contributed by atoms with van der Waals surface area (Å²) in [6.45, 7) is 5.68. The van der Waals surface area contributed by atoms with Crippen LogP contribution in [0.3, 0.4) is 0 Å². The molecule has 2 aromatic rings. The fraction of sp³-hybridized carbons (Fsp3) is 0.273. The number of benzene rings is 1. The minimum absolute atomic E-state index is 0.256. The number of likely N-dealkylation sites (N-methyl/N-ethyl adjacent to an activating group) is 1. The molecule has 1 aliphatic heterocycles. The highest BCUT2D eigenvalue weighted by Crippen LogP contribution is 2.46. The predicted octanol–water partition coefficient (Wildman–Crippen LogP) is 4.03. The number of hydrogen-bond acceptors (Lipinski definition) is 5. The van der Waals surface area contributed by atoms with Crippen LogP contribution in [0.15, 0.2) is 58.7 Å². The first-order valence-corrected chi connectivity index (χ1v) is 8.78. The second-order valence-corrected chi connectivity index (χ2v) is 7.09. The fourth-order valence-electron chi connectivity index (χ4n) is 3.34. The number of carbonyl (C=O) groups is 2. The summed E-state index contributed by atoms with van der Waals surface area (Å²) in [4.78, 5) is 26.2. The summed E-state index contributed by atoms with van der Waals surface area (Å²) in [7, 11) is 1.94. The highest BCUT2D eigenvalue weighted by atomic mass is 16.5. The number of nitrogens with zero attached hydrogens (tertiary/aromatic N) is 1. The van der Waals surface area contributed by atoms with Gasteiger partial charge >= 0.3 is 5.97 Å². The Balaban J connectivity index is 1.63. The minimum Gasteiger partial charge on any atom is -0.462 e. The molecule has 2 heterocycles. The van der Waals surface area contributed by atoms with Crippen LogP contribution in [-0.2, 0) is 19.7 Å². The van der Waals surface area contributed by atoms with E-state index in [9.17, 15) is 9.59 Å². The molecule has 0 saturated heterocycles. The van der Waals surface area contributed by atoms with Gasteiger partial charge in [0.05, 0.1) is 0 Å². The van der Waals surface area contributed by atoms with Gasteiger partial charge in [-0.2, -0.15) is 0 Å². The van der Waals surface area contributed by atoms with Crippen molar-refractivity contribution in [2.45, 2.75) is 26.2 Å². The summed E-state index contributed by atoms with van der Waals surface area (Å²) in [5, 5.41) is 0. The summed E-state index contributed by atoms with van der Waals surface area (Å²) in [6, 6.07) is 11.6. The van der Waals surface area contributed by atoms with Crippen LogP contribution in [-0.4, -0.2) is 25.4 Å². The average Bonchev–Trinajstić information content (AvgIpc) is 3.14. The van der Waals surface area contributed by atoms with Gasteiger partial charge in [0.25, 0.3) is 0 Å². The zero-order valence-corrected chi connectivity index (χ0v) is 16.0. The van der Waals surface area contributed by atoms with E-state index in [1.807, 2.05) is 37.1 Å². The number of para-hydroxylation sites is 1. The summed E-state index contributed by atoms with van der Waals surface area (Å²) in [6.07, 6.45) is 4.33. The first-order chi connectivity index (χ1) is 12.8. The number of carbonyl (C=O) groups excluding carboxylic acids is 2. The van der Waals surface area contributed by atoms with Crippen LogP contribution >= 0.6 is 0 Å². The van der Waals surface area contributed by atoms with Crippen molar-refractivity contribution < 1.29 is 18.7 Å². The van der Waals surface area contributed by atoms with Gasteiger partial charge in [0, 0.05) is 36.0 Å². The number of hydrogen-bond donors (Lipinski definition) is 0. The second-order valence-electron chi connectivity index (χ2n) is 7.09. The minimum atomic E-state index is -0.585. The van der Waals surface area contributed by atoms with E-state index in [0.717, 1.165) is 17.1 Å². The Kier molecular flexibility index (Phi) is 5.04. The van der Waals surface area contributed by atoms with Crippen LogP contribution in [0.1, 0.15) is 30.9 Å². The van der Waals surface area contributed by atoms with E-state index in [4.69, 9.17) is 9.15 Å². The average molecular weight is 365 g/mol. The standard InChI is InChI=1S/C22H23NO4/c1-15-9-10-17(27-15)11-12-21(25)26-14-16(24)13-20-22(2,3)18-7-5-6-8-19(18)23(20)4/h5-13H,14H2,1-4H3/b12-11+,20-13+. The lowest BCUT2D eigenvalue weighted by molar-refractivity contribution is -0.141. The zero-order valence-electron chi connectivity index (χ0n) is 16.0. The normalized spacial score (nSPS) is 16.7. The van der Waals surface area contributed by atoms with Crippen molar-refractivity contribution in [1.29, 1.82) is 0 Å². The van der Waals surface area contributed by atoms with Crippen LogP contribution in [0.2, 0.25) is 0 Å². The highest BCUT2D eigenvalue weighted by molar-refractivity contribution is 5.95. The Labute approximate surface area is 158 Å². The Morgan fingerprint density at radius 2 is 1.93 bits per heavy atom. The maximum absolute atomic E-state index is 12.3. The molecule has 0 amide bonds. The highest BCUT2D eigenvalue weighted by Gasteiger charge is 2.38. The van der Waals surface area contributed by atoms with Crippen molar-refractivity contribution >= 4 is 23.5 Å². The van der Waals surface area contributed by atoms with E-state index in [0.29, 0.717) is 5.76 Å². The Morgan fingerprint density at radius 1 is 1.19 bits per heavy atom. The van der Waals surface area contributed by atoms with Gasteiger partial charge in [0.2, 0.25) is 0 Å². The molecular formula is C22H23NO4. The quantitative estimate of drug-likeness (QED) is 0.591. The molecule has 0 bridgehead atoms. The Hall–Kier alpha value is -3.08. The molecular weight excluding hydrogens is 342 g/mol. The van der Waals surface area contributed by atoms with Gasteiger partial charge in [-0.3, -0.25) is 4.79 Å². The summed E-state index contributed by atoms with van der Waals surface area (Å²) < 4.78 is 10.4. The number of aryl methyl sites for hydroxylation is 1. The molecule has 1 aromatic carbocycles. The van der Waals surface area contributed by atoms with Gasteiger partial charge in [0.15, 0.2) is 12.4 Å². The molecule has 0 spiro atoms. The number of rotatable bonds is 5. The number of anilines is 1. The maximum Gasteiger partial charge on any atom is 0.331 e. The zero-order chi connectivity index (χ0) is 19.6. The third kappa shape index (κ3) is 3.87. The molecule has 0 unspecified atom stereocenters. The number of furan rings is 1. The number of fused-ring (bicyclic) bond motifs is 1. The lowest BCUT2D eigenvalue weighted by atomic mass is 9.83. The van der Waals surface area contributed by atoms with E-state index in [1.165, 1.54) is 17.7 Å². The number of ether oxygens (including phenoxy) is 1. The molecule has 1 aromatic heterocycles. The number of esters is 1. The SMILES string of the molecule is Cc1ccc(/C=C/C(=O)OCC(=O)/C=C2/N(C)c3ccccc3C2(C)C)o1. The predicted molar refractivity (Wildman–Crippen MR) is 104 cm³/mol. The van der Waals surface area contributed by atoms with Crippen LogP contribution in [0.4, 0.5) is 5.69 Å². The molecule has 0 atom stereocenters. The van der Waals surface area contributed by atoms with Crippen LogP contribution in [0.5, 0.6) is 0 Å². The van der Waals surface area contributed by atoms with Crippen molar-refractivity contribution in [2.24, 2.45) is 0 Å². The second kappa shape index (κ2) is 7.27. The molecule has 0 N–H and O–H groups in total. The number of ketones is 1. The van der Waals surface area contributed by atoms with Gasteiger partial charge in [0.1, 0.15) is 11.5 Å². The van der Waals surface area contributed by atoms with Crippen molar-refractivity contribution in [3.05, 3.63) is 71.3 Å². The monoisotopic (exact) mass is 365 g/mol. The first-order valence-electron chi connectivity index (χ1n) is 8.78. The van der Waals surface area contributed by atoms with Crippen LogP contribution < -0.4 is 4.90 Å². The number of allylic oxidation sites excluding steroid dienone is 1.